The molecule has 0 spiro atoms. The van der Waals surface area contributed by atoms with Gasteiger partial charge in [-0.2, -0.15) is 4.80 Å². The van der Waals surface area contributed by atoms with Crippen molar-refractivity contribution in [3.05, 3.63) is 81.9 Å². The predicted molar refractivity (Wildman–Crippen MR) is 116 cm³/mol. The van der Waals surface area contributed by atoms with E-state index in [0.717, 1.165) is 22.3 Å². The fourth-order valence-electron chi connectivity index (χ4n) is 3.00. The van der Waals surface area contributed by atoms with E-state index in [1.807, 2.05) is 44.2 Å². The van der Waals surface area contributed by atoms with E-state index in [2.05, 4.69) is 15.5 Å². The van der Waals surface area contributed by atoms with Crippen LogP contribution in [0.5, 0.6) is 5.75 Å². The SMILES string of the molecule is Cc1ccc(-n2nc3cc(C)c(NC(=O)COc4ccc([N+](=O)[O-])cc4)cc3n2)cc1. The maximum Gasteiger partial charge on any atom is 0.269 e. The largest absolute Gasteiger partial charge is 0.484 e. The molecule has 0 saturated carbocycles. The monoisotopic (exact) mass is 417 g/mol. The molecular weight excluding hydrogens is 398 g/mol. The Morgan fingerprint density at radius 3 is 2.32 bits per heavy atom. The number of amides is 1. The van der Waals surface area contributed by atoms with Crippen molar-refractivity contribution in [1.29, 1.82) is 0 Å². The van der Waals surface area contributed by atoms with Crippen molar-refractivity contribution in [2.24, 2.45) is 0 Å². The normalized spacial score (nSPS) is 10.8. The number of non-ortho nitro benzene ring substituents is 1. The number of ether oxygens (including phenoxy) is 1. The van der Waals surface area contributed by atoms with Gasteiger partial charge in [0, 0.05) is 17.8 Å². The minimum atomic E-state index is -0.496. The third-order valence-corrected chi connectivity index (χ3v) is 4.68. The lowest BCUT2D eigenvalue weighted by atomic mass is 10.1. The predicted octanol–water partition coefficient (Wildman–Crippen LogP) is 3.96. The van der Waals surface area contributed by atoms with E-state index in [-0.39, 0.29) is 18.2 Å². The molecule has 1 N–H and O–H groups in total. The Morgan fingerprint density at radius 1 is 1.03 bits per heavy atom. The summed E-state index contributed by atoms with van der Waals surface area (Å²) in [6.45, 7) is 3.66. The van der Waals surface area contributed by atoms with Crippen LogP contribution in [0.15, 0.2) is 60.7 Å². The van der Waals surface area contributed by atoms with Gasteiger partial charge >= 0.3 is 0 Å². The Bertz CT molecular complexity index is 1260. The zero-order valence-corrected chi connectivity index (χ0v) is 16.9. The molecule has 0 unspecified atom stereocenters. The van der Waals surface area contributed by atoms with E-state index < -0.39 is 4.92 Å². The Morgan fingerprint density at radius 2 is 1.68 bits per heavy atom. The first-order valence-corrected chi connectivity index (χ1v) is 9.51. The van der Waals surface area contributed by atoms with Crippen LogP contribution in [0.25, 0.3) is 16.7 Å². The molecule has 3 aromatic carbocycles. The van der Waals surface area contributed by atoms with Crippen LogP contribution in [0.2, 0.25) is 0 Å². The van der Waals surface area contributed by atoms with Crippen molar-refractivity contribution in [2.45, 2.75) is 13.8 Å². The first-order valence-electron chi connectivity index (χ1n) is 9.51. The van der Waals surface area contributed by atoms with Gasteiger partial charge in [-0.3, -0.25) is 14.9 Å². The van der Waals surface area contributed by atoms with Gasteiger partial charge in [-0.1, -0.05) is 17.7 Å². The third kappa shape index (κ3) is 4.50. The molecule has 1 heterocycles. The van der Waals surface area contributed by atoms with Crippen LogP contribution in [-0.4, -0.2) is 32.4 Å². The number of fused-ring (bicyclic) bond motifs is 1. The number of nitrogens with zero attached hydrogens (tertiary/aromatic N) is 4. The minimum absolute atomic E-state index is 0.0422. The summed E-state index contributed by atoms with van der Waals surface area (Å²) in [5, 5.41) is 22.5. The van der Waals surface area contributed by atoms with Crippen LogP contribution < -0.4 is 10.1 Å². The lowest BCUT2D eigenvalue weighted by molar-refractivity contribution is -0.384. The summed E-state index contributed by atoms with van der Waals surface area (Å²) in [6.07, 6.45) is 0. The highest BCUT2D eigenvalue weighted by molar-refractivity contribution is 5.95. The molecule has 0 atom stereocenters. The topological polar surface area (TPSA) is 112 Å². The van der Waals surface area contributed by atoms with Gasteiger partial charge in [-0.05, 0) is 55.8 Å². The highest BCUT2D eigenvalue weighted by atomic mass is 16.6. The number of nitrogens with one attached hydrogen (secondary N) is 1. The second-order valence-electron chi connectivity index (χ2n) is 7.07. The Labute approximate surface area is 177 Å². The number of carbonyl (C=O) groups excluding carboxylic acids is 1. The van der Waals surface area contributed by atoms with Crippen LogP contribution in [0.1, 0.15) is 11.1 Å². The summed E-state index contributed by atoms with van der Waals surface area (Å²) in [5.74, 6) is 0.0145. The second kappa shape index (κ2) is 8.23. The highest BCUT2D eigenvalue weighted by Crippen LogP contribution is 2.23. The molecule has 31 heavy (non-hydrogen) atoms. The van der Waals surface area contributed by atoms with Crippen molar-refractivity contribution in [1.82, 2.24) is 15.0 Å². The van der Waals surface area contributed by atoms with Gasteiger partial charge in [-0.25, -0.2) is 0 Å². The van der Waals surface area contributed by atoms with Gasteiger partial charge in [0.15, 0.2) is 6.61 Å². The maximum atomic E-state index is 12.3. The van der Waals surface area contributed by atoms with Crippen LogP contribution in [0.3, 0.4) is 0 Å². The smallest absolute Gasteiger partial charge is 0.269 e. The number of carbonyl (C=O) groups is 1. The lowest BCUT2D eigenvalue weighted by Gasteiger charge is -2.09. The zero-order chi connectivity index (χ0) is 22.0. The zero-order valence-electron chi connectivity index (χ0n) is 16.9. The standard InChI is InChI=1S/C22H19N5O4/c1-14-3-5-16(6-4-14)26-24-20-11-15(2)19(12-21(20)25-26)23-22(28)13-31-18-9-7-17(8-10-18)27(29)30/h3-12H,13H2,1-2H3,(H,23,28). The van der Waals surface area contributed by atoms with Crippen molar-refractivity contribution >= 4 is 28.3 Å². The van der Waals surface area contributed by atoms with E-state index in [0.29, 0.717) is 17.0 Å². The molecule has 0 aliphatic rings. The summed E-state index contributed by atoms with van der Waals surface area (Å²) < 4.78 is 5.41. The maximum absolute atomic E-state index is 12.3. The molecule has 1 amide bonds. The van der Waals surface area contributed by atoms with E-state index in [9.17, 15) is 14.9 Å². The summed E-state index contributed by atoms with van der Waals surface area (Å²) in [5.41, 5.74) is 4.78. The van der Waals surface area contributed by atoms with Crippen LogP contribution in [0, 0.1) is 24.0 Å². The number of aryl methyl sites for hydroxylation is 2. The van der Waals surface area contributed by atoms with Crippen molar-refractivity contribution in [3.63, 3.8) is 0 Å². The van der Waals surface area contributed by atoms with Crippen LogP contribution in [0.4, 0.5) is 11.4 Å². The van der Waals surface area contributed by atoms with Gasteiger partial charge < -0.3 is 10.1 Å². The molecule has 0 radical (unpaired) electrons. The average molecular weight is 417 g/mol. The molecule has 9 heteroatoms. The minimum Gasteiger partial charge on any atom is -0.484 e. The summed E-state index contributed by atoms with van der Waals surface area (Å²) in [7, 11) is 0. The summed E-state index contributed by atoms with van der Waals surface area (Å²) >= 11 is 0. The fourth-order valence-corrected chi connectivity index (χ4v) is 3.00. The number of aromatic nitrogens is 3. The Balaban J connectivity index is 1.46. The number of benzene rings is 3. The fraction of sp³-hybridized carbons (Fsp3) is 0.136. The van der Waals surface area contributed by atoms with E-state index in [1.165, 1.54) is 24.3 Å². The summed E-state index contributed by atoms with van der Waals surface area (Å²) in [4.78, 5) is 24.1. The number of hydrogen-bond donors (Lipinski definition) is 1. The molecule has 156 valence electrons. The molecule has 0 aliphatic carbocycles. The molecule has 0 saturated heterocycles. The quantitative estimate of drug-likeness (QED) is 0.375. The van der Waals surface area contributed by atoms with Crippen LogP contribution in [-0.2, 0) is 4.79 Å². The first kappa shape index (κ1) is 20.0. The van der Waals surface area contributed by atoms with Gasteiger partial charge in [0.25, 0.3) is 11.6 Å². The van der Waals surface area contributed by atoms with Gasteiger partial charge in [0.2, 0.25) is 0 Å². The van der Waals surface area contributed by atoms with Crippen LogP contribution >= 0.6 is 0 Å². The number of hydrogen-bond acceptors (Lipinski definition) is 6. The van der Waals surface area contributed by atoms with E-state index in [4.69, 9.17) is 4.74 Å². The van der Waals surface area contributed by atoms with Gasteiger partial charge in [0.05, 0.1) is 10.6 Å². The van der Waals surface area contributed by atoms with Crippen molar-refractivity contribution in [2.75, 3.05) is 11.9 Å². The molecular formula is C22H19N5O4. The number of nitro benzene ring substituents is 1. The highest BCUT2D eigenvalue weighted by Gasteiger charge is 2.12. The molecule has 0 aliphatic heterocycles. The molecule has 0 fully saturated rings. The average Bonchev–Trinajstić information content (AvgIpc) is 3.16. The molecule has 4 aromatic rings. The van der Waals surface area contributed by atoms with E-state index >= 15 is 0 Å². The van der Waals surface area contributed by atoms with Gasteiger partial charge in [-0.15, -0.1) is 10.2 Å². The Hall–Kier alpha value is -4.27. The molecule has 9 nitrogen and oxygen atoms in total. The van der Waals surface area contributed by atoms with E-state index in [1.54, 1.807) is 10.9 Å². The summed E-state index contributed by atoms with van der Waals surface area (Å²) in [6, 6.07) is 17.0. The molecule has 0 bridgehead atoms. The molecule has 1 aromatic heterocycles. The number of nitro groups is 1. The Kier molecular flexibility index (Phi) is 5.31. The molecule has 4 rings (SSSR count). The number of rotatable bonds is 6. The second-order valence-corrected chi connectivity index (χ2v) is 7.07. The number of anilines is 1. The van der Waals surface area contributed by atoms with Crippen molar-refractivity contribution in [3.8, 4) is 11.4 Å². The van der Waals surface area contributed by atoms with Crippen molar-refractivity contribution < 1.29 is 14.5 Å². The lowest BCUT2D eigenvalue weighted by Crippen LogP contribution is -2.20. The van der Waals surface area contributed by atoms with Gasteiger partial charge in [0.1, 0.15) is 16.8 Å². The first-order chi connectivity index (χ1) is 14.9. The third-order valence-electron chi connectivity index (χ3n) is 4.68.